The van der Waals surface area contributed by atoms with E-state index in [1.165, 1.54) is 0 Å². The van der Waals surface area contributed by atoms with E-state index in [1.54, 1.807) is 4.90 Å². The van der Waals surface area contributed by atoms with Crippen molar-refractivity contribution >= 4 is 11.7 Å². The zero-order valence-electron chi connectivity index (χ0n) is 18.5. The molecular weight excluding hydrogens is 436 g/mol. The molecule has 1 aromatic heterocycles. The van der Waals surface area contributed by atoms with Crippen LogP contribution in [0.2, 0.25) is 0 Å². The Hall–Kier alpha value is -4.13. The summed E-state index contributed by atoms with van der Waals surface area (Å²) in [5.41, 5.74) is 3.44. The summed E-state index contributed by atoms with van der Waals surface area (Å²) in [5.74, 6) is -0.600. The number of carbonyl (C=O) groups is 1. The summed E-state index contributed by atoms with van der Waals surface area (Å²) in [7, 11) is 0. The van der Waals surface area contributed by atoms with Crippen molar-refractivity contribution in [2.24, 2.45) is 0 Å². The van der Waals surface area contributed by atoms with Crippen molar-refractivity contribution in [3.05, 3.63) is 114 Å². The quantitative estimate of drug-likeness (QED) is 0.390. The van der Waals surface area contributed by atoms with Gasteiger partial charge in [-0.25, -0.2) is 13.6 Å². The van der Waals surface area contributed by atoms with E-state index < -0.39 is 23.7 Å². The Morgan fingerprint density at radius 2 is 1.82 bits per heavy atom. The molecule has 1 unspecified atom stereocenters. The van der Waals surface area contributed by atoms with Gasteiger partial charge in [0.05, 0.1) is 30.6 Å². The molecule has 3 aromatic carbocycles. The molecule has 0 radical (unpaired) electrons. The normalized spacial score (nSPS) is 14.7. The molecule has 2 amide bonds. The van der Waals surface area contributed by atoms with Gasteiger partial charge in [-0.05, 0) is 60.5 Å². The average molecular weight is 459 g/mol. The van der Waals surface area contributed by atoms with E-state index in [0.717, 1.165) is 46.5 Å². The molecule has 1 atom stereocenters. The fraction of sp³-hybridized carbons (Fsp3) is 0.148. The lowest BCUT2D eigenvalue weighted by molar-refractivity contribution is 0.194. The second-order valence-electron chi connectivity index (χ2n) is 8.02. The summed E-state index contributed by atoms with van der Waals surface area (Å²) < 4.78 is 35.7. The molecule has 5 nitrogen and oxygen atoms in total. The maximum absolute atomic E-state index is 14.3. The van der Waals surface area contributed by atoms with Crippen LogP contribution in [0.5, 0.6) is 5.75 Å². The van der Waals surface area contributed by atoms with Crippen LogP contribution in [0, 0.1) is 11.6 Å². The first-order valence-electron chi connectivity index (χ1n) is 11.1. The number of rotatable bonds is 4. The predicted molar refractivity (Wildman–Crippen MR) is 126 cm³/mol. The number of urea groups is 1. The van der Waals surface area contributed by atoms with Crippen molar-refractivity contribution in [1.29, 1.82) is 0 Å². The van der Waals surface area contributed by atoms with Crippen LogP contribution in [-0.4, -0.2) is 22.1 Å². The molecule has 1 aliphatic rings. The first-order chi connectivity index (χ1) is 16.5. The molecule has 1 N–H and O–H groups in total. The number of hydrogen-bond acceptors (Lipinski definition) is 2. The lowest BCUT2D eigenvalue weighted by Crippen LogP contribution is -2.38. The number of fused-ring (bicyclic) bond motifs is 3. The smallest absolute Gasteiger partial charge is 0.323 e. The van der Waals surface area contributed by atoms with Gasteiger partial charge in [0, 0.05) is 18.0 Å². The SMILES string of the molecule is CCOc1ccc(C2c3cccn3-c3ccccc3CN2C(=O)Nc2cc(F)ccc2F)cc1. The molecule has 0 saturated carbocycles. The van der Waals surface area contributed by atoms with Gasteiger partial charge in [-0.3, -0.25) is 0 Å². The van der Waals surface area contributed by atoms with Crippen LogP contribution in [0.25, 0.3) is 5.69 Å². The highest BCUT2D eigenvalue weighted by Crippen LogP contribution is 2.37. The Labute approximate surface area is 196 Å². The second kappa shape index (κ2) is 9.02. The third-order valence-corrected chi connectivity index (χ3v) is 5.90. The van der Waals surface area contributed by atoms with E-state index >= 15 is 0 Å². The summed E-state index contributed by atoms with van der Waals surface area (Å²) in [6.45, 7) is 2.74. The van der Waals surface area contributed by atoms with Crippen molar-refractivity contribution in [3.8, 4) is 11.4 Å². The third kappa shape index (κ3) is 4.01. The first-order valence-corrected chi connectivity index (χ1v) is 11.1. The Morgan fingerprint density at radius 1 is 1.03 bits per heavy atom. The van der Waals surface area contributed by atoms with Crippen LogP contribution in [0.3, 0.4) is 0 Å². The molecule has 0 bridgehead atoms. The summed E-state index contributed by atoms with van der Waals surface area (Å²) in [5, 5.41) is 2.57. The fourth-order valence-electron chi connectivity index (χ4n) is 4.38. The molecule has 2 heterocycles. The van der Waals surface area contributed by atoms with Crippen molar-refractivity contribution in [2.75, 3.05) is 11.9 Å². The van der Waals surface area contributed by atoms with Crippen molar-refractivity contribution in [3.63, 3.8) is 0 Å². The topological polar surface area (TPSA) is 46.5 Å². The summed E-state index contributed by atoms with van der Waals surface area (Å²) in [6.07, 6.45) is 1.96. The van der Waals surface area contributed by atoms with Gasteiger partial charge in [-0.2, -0.15) is 0 Å². The van der Waals surface area contributed by atoms with Crippen molar-refractivity contribution < 1.29 is 18.3 Å². The highest BCUT2D eigenvalue weighted by molar-refractivity contribution is 5.90. The van der Waals surface area contributed by atoms with Crippen LogP contribution in [-0.2, 0) is 6.54 Å². The van der Waals surface area contributed by atoms with E-state index in [9.17, 15) is 13.6 Å². The van der Waals surface area contributed by atoms with E-state index in [1.807, 2.05) is 73.8 Å². The maximum Gasteiger partial charge on any atom is 0.323 e. The van der Waals surface area contributed by atoms with Gasteiger partial charge in [0.2, 0.25) is 0 Å². The average Bonchev–Trinajstić information content (AvgIpc) is 3.26. The number of amides is 2. The molecule has 1 aliphatic heterocycles. The number of benzene rings is 3. The fourth-order valence-corrected chi connectivity index (χ4v) is 4.38. The summed E-state index contributed by atoms with van der Waals surface area (Å²) >= 11 is 0. The van der Waals surface area contributed by atoms with Gasteiger partial charge in [0.1, 0.15) is 17.4 Å². The Bertz CT molecular complexity index is 1330. The van der Waals surface area contributed by atoms with E-state index in [-0.39, 0.29) is 12.2 Å². The molecule has 5 rings (SSSR count). The highest BCUT2D eigenvalue weighted by atomic mass is 19.1. The van der Waals surface area contributed by atoms with Crippen LogP contribution in [0.1, 0.15) is 29.8 Å². The van der Waals surface area contributed by atoms with Gasteiger partial charge in [-0.1, -0.05) is 30.3 Å². The Morgan fingerprint density at radius 3 is 2.62 bits per heavy atom. The number of nitrogens with one attached hydrogen (secondary N) is 1. The standard InChI is InChI=1S/C27H23F2N3O2/c1-2-34-21-12-9-18(10-13-21)26-25-8-5-15-31(25)24-7-4-3-6-19(24)17-32(26)27(33)30-23-16-20(28)11-14-22(23)29/h3-16,26H,2,17H2,1H3,(H,30,33). The number of aromatic nitrogens is 1. The van der Waals surface area contributed by atoms with Gasteiger partial charge >= 0.3 is 6.03 Å². The van der Waals surface area contributed by atoms with Crippen molar-refractivity contribution in [2.45, 2.75) is 19.5 Å². The number of ether oxygens (including phenoxy) is 1. The zero-order valence-corrected chi connectivity index (χ0v) is 18.5. The summed E-state index contributed by atoms with van der Waals surface area (Å²) in [4.78, 5) is 15.2. The molecule has 0 saturated heterocycles. The summed E-state index contributed by atoms with van der Waals surface area (Å²) in [6, 6.07) is 21.3. The minimum atomic E-state index is -0.703. The number of hydrogen-bond donors (Lipinski definition) is 1. The van der Waals surface area contributed by atoms with Gasteiger partial charge in [0.15, 0.2) is 0 Å². The van der Waals surface area contributed by atoms with E-state index in [0.29, 0.717) is 6.61 Å². The largest absolute Gasteiger partial charge is 0.494 e. The minimum Gasteiger partial charge on any atom is -0.494 e. The molecule has 172 valence electrons. The van der Waals surface area contributed by atoms with Crippen LogP contribution >= 0.6 is 0 Å². The van der Waals surface area contributed by atoms with Gasteiger partial charge in [-0.15, -0.1) is 0 Å². The van der Waals surface area contributed by atoms with Crippen LogP contribution in [0.15, 0.2) is 85.1 Å². The lowest BCUT2D eigenvalue weighted by Gasteiger charge is -2.31. The van der Waals surface area contributed by atoms with E-state index in [4.69, 9.17) is 4.74 Å². The van der Waals surface area contributed by atoms with Crippen LogP contribution in [0.4, 0.5) is 19.3 Å². The third-order valence-electron chi connectivity index (χ3n) is 5.90. The Balaban J connectivity index is 1.61. The Kier molecular flexibility index (Phi) is 5.76. The predicted octanol–water partition coefficient (Wildman–Crippen LogP) is 6.29. The molecule has 0 fully saturated rings. The maximum atomic E-state index is 14.3. The molecule has 7 heteroatoms. The number of carbonyl (C=O) groups excluding carboxylic acids is 1. The molecule has 0 spiro atoms. The van der Waals surface area contributed by atoms with Gasteiger partial charge in [0.25, 0.3) is 0 Å². The molecular formula is C27H23F2N3O2. The molecule has 34 heavy (non-hydrogen) atoms. The highest BCUT2D eigenvalue weighted by Gasteiger charge is 2.33. The number of nitrogens with zero attached hydrogens (tertiary/aromatic N) is 2. The lowest BCUT2D eigenvalue weighted by atomic mass is 10.0. The van der Waals surface area contributed by atoms with Crippen LogP contribution < -0.4 is 10.1 Å². The number of anilines is 1. The van der Waals surface area contributed by atoms with Crippen molar-refractivity contribution in [1.82, 2.24) is 9.47 Å². The molecule has 4 aromatic rings. The molecule has 0 aliphatic carbocycles. The number of halogens is 2. The zero-order chi connectivity index (χ0) is 23.7. The minimum absolute atomic E-state index is 0.205. The monoisotopic (exact) mass is 459 g/mol. The number of para-hydroxylation sites is 1. The first kappa shape index (κ1) is 21.7. The van der Waals surface area contributed by atoms with E-state index in [2.05, 4.69) is 9.88 Å². The van der Waals surface area contributed by atoms with Gasteiger partial charge < -0.3 is 19.5 Å². The second-order valence-corrected chi connectivity index (χ2v) is 8.02.